The molecular formula is C19H22N2O5S2. The number of carbonyl (C=O) groups excluding carboxylic acids is 2. The summed E-state index contributed by atoms with van der Waals surface area (Å²) in [5, 5.41) is 3.71. The first-order valence-corrected chi connectivity index (χ1v) is 11.5. The second kappa shape index (κ2) is 9.20. The minimum atomic E-state index is -3.32. The zero-order valence-electron chi connectivity index (χ0n) is 15.2. The van der Waals surface area contributed by atoms with E-state index in [9.17, 15) is 18.0 Å². The molecule has 1 aromatic heterocycles. The second-order valence-corrected chi connectivity index (χ2v) is 9.74. The van der Waals surface area contributed by atoms with Crippen molar-refractivity contribution in [1.29, 1.82) is 0 Å². The average molecular weight is 423 g/mol. The van der Waals surface area contributed by atoms with Crippen molar-refractivity contribution in [2.24, 2.45) is 0 Å². The van der Waals surface area contributed by atoms with Crippen LogP contribution in [0.4, 0.5) is 4.79 Å². The molecule has 3 rings (SSSR count). The number of sulfone groups is 1. The third-order valence-electron chi connectivity index (χ3n) is 4.55. The van der Waals surface area contributed by atoms with Gasteiger partial charge in [-0.2, -0.15) is 0 Å². The summed E-state index contributed by atoms with van der Waals surface area (Å²) < 4.78 is 30.1. The van der Waals surface area contributed by atoms with Crippen molar-refractivity contribution in [1.82, 2.24) is 10.2 Å². The molecule has 1 aliphatic heterocycles. The van der Waals surface area contributed by atoms with E-state index >= 15 is 0 Å². The van der Waals surface area contributed by atoms with Crippen molar-refractivity contribution in [2.45, 2.75) is 18.3 Å². The summed E-state index contributed by atoms with van der Waals surface area (Å²) in [6.07, 6.45) is -0.330. The minimum Gasteiger partial charge on any atom is -0.445 e. The van der Waals surface area contributed by atoms with E-state index in [2.05, 4.69) is 5.32 Å². The molecule has 9 heteroatoms. The Kier molecular flexibility index (Phi) is 6.69. The standard InChI is InChI=1S/C19H22N2O5S2/c22-18(13-20-19(23)26-14-15-5-2-1-3-6-15)21-9-8-17(16-7-4-11-27-16)28(24,25)12-10-21/h1-7,11,17H,8-10,12-14H2,(H,20,23)/t17-/m1/s1. The number of hydrogen-bond donors (Lipinski definition) is 1. The number of amides is 2. The van der Waals surface area contributed by atoms with Gasteiger partial charge in [-0.3, -0.25) is 4.79 Å². The van der Waals surface area contributed by atoms with Gasteiger partial charge in [-0.05, 0) is 23.4 Å². The molecule has 1 saturated heterocycles. The number of ether oxygens (including phenoxy) is 1. The highest BCUT2D eigenvalue weighted by Gasteiger charge is 2.33. The second-order valence-electron chi connectivity index (χ2n) is 6.46. The van der Waals surface area contributed by atoms with Gasteiger partial charge in [0.2, 0.25) is 5.91 Å². The van der Waals surface area contributed by atoms with Gasteiger partial charge in [-0.15, -0.1) is 11.3 Å². The quantitative estimate of drug-likeness (QED) is 0.799. The largest absolute Gasteiger partial charge is 0.445 e. The number of hydrogen-bond acceptors (Lipinski definition) is 6. The summed E-state index contributed by atoms with van der Waals surface area (Å²) in [5.41, 5.74) is 0.848. The predicted octanol–water partition coefficient (Wildman–Crippen LogP) is 2.36. The number of nitrogens with one attached hydrogen (secondary N) is 1. The van der Waals surface area contributed by atoms with Crippen molar-refractivity contribution >= 4 is 33.2 Å². The zero-order valence-corrected chi connectivity index (χ0v) is 16.9. The Bertz CT molecular complexity index is 898. The van der Waals surface area contributed by atoms with Crippen molar-refractivity contribution in [3.8, 4) is 0 Å². The lowest BCUT2D eigenvalue weighted by atomic mass is 10.2. The molecule has 1 aliphatic rings. The van der Waals surface area contributed by atoms with Crippen LogP contribution in [-0.2, 0) is 26.0 Å². The molecule has 2 aromatic rings. The Morgan fingerprint density at radius 1 is 1.14 bits per heavy atom. The van der Waals surface area contributed by atoms with E-state index in [4.69, 9.17) is 4.74 Å². The Hall–Kier alpha value is -2.39. The molecular weight excluding hydrogens is 400 g/mol. The Balaban J connectivity index is 1.49. The molecule has 0 aliphatic carbocycles. The fourth-order valence-electron chi connectivity index (χ4n) is 3.02. The van der Waals surface area contributed by atoms with Crippen LogP contribution >= 0.6 is 11.3 Å². The fourth-order valence-corrected chi connectivity index (χ4v) is 6.02. The highest BCUT2D eigenvalue weighted by atomic mass is 32.2. The van der Waals surface area contributed by atoms with Gasteiger partial charge < -0.3 is 15.0 Å². The van der Waals surface area contributed by atoms with Crippen LogP contribution in [0, 0.1) is 0 Å². The number of nitrogens with zero attached hydrogens (tertiary/aromatic N) is 1. The lowest BCUT2D eigenvalue weighted by molar-refractivity contribution is -0.129. The molecule has 0 saturated carbocycles. The summed E-state index contributed by atoms with van der Waals surface area (Å²) in [7, 11) is -3.32. The van der Waals surface area contributed by atoms with Gasteiger partial charge in [0, 0.05) is 18.0 Å². The summed E-state index contributed by atoms with van der Waals surface area (Å²) >= 11 is 1.41. The number of benzene rings is 1. The first-order chi connectivity index (χ1) is 13.5. The Labute approximate surface area is 168 Å². The molecule has 1 N–H and O–H groups in total. The smallest absolute Gasteiger partial charge is 0.407 e. The van der Waals surface area contributed by atoms with Crippen molar-refractivity contribution < 1.29 is 22.7 Å². The van der Waals surface area contributed by atoms with Gasteiger partial charge in [0.05, 0.1) is 11.0 Å². The lowest BCUT2D eigenvalue weighted by Gasteiger charge is -2.20. The van der Waals surface area contributed by atoms with Crippen molar-refractivity contribution in [3.63, 3.8) is 0 Å². The van der Waals surface area contributed by atoms with Crippen LogP contribution in [0.1, 0.15) is 22.1 Å². The van der Waals surface area contributed by atoms with E-state index in [0.29, 0.717) is 13.0 Å². The Morgan fingerprint density at radius 3 is 2.64 bits per heavy atom. The summed E-state index contributed by atoms with van der Waals surface area (Å²) in [5.74, 6) is -0.404. The molecule has 0 spiro atoms. The summed E-state index contributed by atoms with van der Waals surface area (Å²) in [6, 6.07) is 12.9. The van der Waals surface area contributed by atoms with E-state index in [1.165, 1.54) is 16.2 Å². The maximum absolute atomic E-state index is 12.5. The van der Waals surface area contributed by atoms with Gasteiger partial charge in [0.15, 0.2) is 9.84 Å². The molecule has 2 amide bonds. The third-order valence-corrected chi connectivity index (χ3v) is 7.79. The van der Waals surface area contributed by atoms with Crippen molar-refractivity contribution in [2.75, 3.05) is 25.4 Å². The maximum Gasteiger partial charge on any atom is 0.407 e. The predicted molar refractivity (Wildman–Crippen MR) is 107 cm³/mol. The highest BCUT2D eigenvalue weighted by molar-refractivity contribution is 7.91. The topological polar surface area (TPSA) is 92.8 Å². The number of rotatable bonds is 5. The Morgan fingerprint density at radius 2 is 1.93 bits per heavy atom. The minimum absolute atomic E-state index is 0.0836. The summed E-state index contributed by atoms with van der Waals surface area (Å²) in [4.78, 5) is 26.5. The van der Waals surface area contributed by atoms with E-state index < -0.39 is 21.2 Å². The van der Waals surface area contributed by atoms with Gasteiger partial charge in [-0.1, -0.05) is 36.4 Å². The van der Waals surface area contributed by atoms with E-state index in [1.807, 2.05) is 47.8 Å². The maximum atomic E-state index is 12.5. The van der Waals surface area contributed by atoms with Crippen LogP contribution in [0.25, 0.3) is 0 Å². The van der Waals surface area contributed by atoms with Crippen LogP contribution in [0.3, 0.4) is 0 Å². The van der Waals surface area contributed by atoms with E-state index in [1.54, 1.807) is 0 Å². The monoisotopic (exact) mass is 422 g/mol. The van der Waals surface area contributed by atoms with Crippen LogP contribution in [-0.4, -0.2) is 50.7 Å². The van der Waals surface area contributed by atoms with Crippen molar-refractivity contribution in [3.05, 3.63) is 58.3 Å². The van der Waals surface area contributed by atoms with Gasteiger partial charge >= 0.3 is 6.09 Å². The highest BCUT2D eigenvalue weighted by Crippen LogP contribution is 2.32. The molecule has 1 aromatic carbocycles. The molecule has 1 atom stereocenters. The molecule has 0 bridgehead atoms. The molecule has 0 radical (unpaired) electrons. The molecule has 7 nitrogen and oxygen atoms in total. The van der Waals surface area contributed by atoms with Crippen LogP contribution in [0.5, 0.6) is 0 Å². The van der Waals surface area contributed by atoms with Crippen LogP contribution in [0.15, 0.2) is 47.8 Å². The molecule has 150 valence electrons. The first-order valence-electron chi connectivity index (χ1n) is 8.93. The van der Waals surface area contributed by atoms with Gasteiger partial charge in [-0.25, -0.2) is 13.2 Å². The van der Waals surface area contributed by atoms with Gasteiger partial charge in [0.1, 0.15) is 13.2 Å². The molecule has 2 heterocycles. The molecule has 0 unspecified atom stereocenters. The molecule has 1 fully saturated rings. The SMILES string of the molecule is O=C(NCC(=O)N1CC[C@H](c2cccs2)S(=O)(=O)CC1)OCc1ccccc1. The van der Waals surface area contributed by atoms with E-state index in [0.717, 1.165) is 10.4 Å². The van der Waals surface area contributed by atoms with Crippen LogP contribution < -0.4 is 5.32 Å². The lowest BCUT2D eigenvalue weighted by Crippen LogP contribution is -2.41. The number of thiophene rings is 1. The number of carbonyl (C=O) groups is 2. The third kappa shape index (κ3) is 5.32. The van der Waals surface area contributed by atoms with Gasteiger partial charge in [0.25, 0.3) is 0 Å². The normalized spacial score (nSPS) is 18.9. The zero-order chi connectivity index (χ0) is 20.0. The van der Waals surface area contributed by atoms with Crippen LogP contribution in [0.2, 0.25) is 0 Å². The average Bonchev–Trinajstić information content (AvgIpc) is 3.16. The summed E-state index contributed by atoms with van der Waals surface area (Å²) in [6.45, 7) is 0.355. The first kappa shape index (κ1) is 20.3. The van der Waals surface area contributed by atoms with E-state index in [-0.39, 0.29) is 31.4 Å². The molecule has 28 heavy (non-hydrogen) atoms. The number of alkyl carbamates (subject to hydrolysis) is 1. The fraction of sp³-hybridized carbons (Fsp3) is 0.368.